The molecule has 0 saturated carbocycles. The molecule has 0 bridgehead atoms. The molecule has 0 aliphatic heterocycles. The van der Waals surface area contributed by atoms with Crippen molar-refractivity contribution >= 4 is 38.3 Å². The average Bonchev–Trinajstić information content (AvgIpc) is 2.48. The van der Waals surface area contributed by atoms with Gasteiger partial charge in [0.2, 0.25) is 0 Å². The van der Waals surface area contributed by atoms with Crippen LogP contribution in [-0.2, 0) is 0 Å². The van der Waals surface area contributed by atoms with E-state index in [2.05, 4.69) is 32.9 Å². The van der Waals surface area contributed by atoms with Crippen molar-refractivity contribution in [2.24, 2.45) is 0 Å². The van der Waals surface area contributed by atoms with Crippen LogP contribution in [0.25, 0.3) is 0 Å². The maximum atomic E-state index is 12.8. The van der Waals surface area contributed by atoms with Crippen LogP contribution < -0.4 is 10.0 Å². The van der Waals surface area contributed by atoms with Gasteiger partial charge in [-0.05, 0) is 83.7 Å². The summed E-state index contributed by atoms with van der Waals surface area (Å²) in [6.45, 7) is 12.3. The molecule has 0 aliphatic carbocycles. The summed E-state index contributed by atoms with van der Waals surface area (Å²) in [6, 6.07) is 10.2. The fourth-order valence-corrected chi connectivity index (χ4v) is 4.09. The van der Waals surface area contributed by atoms with Gasteiger partial charge in [-0.3, -0.25) is 4.79 Å². The van der Waals surface area contributed by atoms with Gasteiger partial charge in [0.05, 0.1) is 6.10 Å². The quantitative estimate of drug-likeness (QED) is 0.550. The molecular weight excluding hydrogens is 322 g/mol. The van der Waals surface area contributed by atoms with E-state index in [4.69, 9.17) is 4.74 Å². The standard InChI is InChI=1S/C21H27O2P.Li/c1-7-17(6)23-18-8-9-19(14(3)12-18)24-21(22)20-15(4)10-13(2)11-16(20)5;/h8-12,17,24H,7H2,1-6H3;. The molecule has 2 aromatic carbocycles. The van der Waals surface area contributed by atoms with Gasteiger partial charge in [0.1, 0.15) is 5.75 Å². The summed E-state index contributed by atoms with van der Waals surface area (Å²) in [4.78, 5) is 12.8. The minimum absolute atomic E-state index is 0. The van der Waals surface area contributed by atoms with Crippen LogP contribution in [0.1, 0.15) is 52.9 Å². The predicted molar refractivity (Wildman–Crippen MR) is 110 cm³/mol. The maximum Gasteiger partial charge on any atom is 0.186 e. The van der Waals surface area contributed by atoms with Gasteiger partial charge in [0.15, 0.2) is 5.52 Å². The number of hydrogen-bond donors (Lipinski definition) is 0. The van der Waals surface area contributed by atoms with Crippen LogP contribution in [0.2, 0.25) is 0 Å². The van der Waals surface area contributed by atoms with E-state index in [1.165, 1.54) is 5.56 Å². The van der Waals surface area contributed by atoms with Gasteiger partial charge < -0.3 is 4.74 Å². The first kappa shape index (κ1) is 22.0. The Kier molecular flexibility index (Phi) is 8.43. The normalized spacial score (nSPS) is 12.1. The van der Waals surface area contributed by atoms with Crippen molar-refractivity contribution in [1.29, 1.82) is 0 Å². The monoisotopic (exact) mass is 349 g/mol. The molecule has 2 atom stereocenters. The van der Waals surface area contributed by atoms with Crippen LogP contribution in [0.4, 0.5) is 0 Å². The van der Waals surface area contributed by atoms with Gasteiger partial charge in [-0.25, -0.2) is 0 Å². The summed E-state index contributed by atoms with van der Waals surface area (Å²) >= 11 is 0. The minimum Gasteiger partial charge on any atom is -0.491 e. The van der Waals surface area contributed by atoms with Crippen LogP contribution >= 0.6 is 8.58 Å². The van der Waals surface area contributed by atoms with Gasteiger partial charge in [-0.15, -0.1) is 0 Å². The maximum absolute atomic E-state index is 12.8. The average molecular weight is 349 g/mol. The molecular formula is C21H27LiO2P. The zero-order valence-corrected chi connectivity index (χ0v) is 17.5. The third-order valence-corrected chi connectivity index (χ3v) is 5.57. The molecule has 2 nitrogen and oxygen atoms in total. The van der Waals surface area contributed by atoms with Crippen molar-refractivity contribution < 1.29 is 9.53 Å². The van der Waals surface area contributed by atoms with Gasteiger partial charge in [0.25, 0.3) is 0 Å². The summed E-state index contributed by atoms with van der Waals surface area (Å²) in [5.41, 5.74) is 5.54. The first-order chi connectivity index (χ1) is 11.3. The second-order valence-corrected chi connectivity index (χ2v) is 7.78. The summed E-state index contributed by atoms with van der Waals surface area (Å²) in [5, 5.41) is 1.09. The molecule has 25 heavy (non-hydrogen) atoms. The van der Waals surface area contributed by atoms with Gasteiger partial charge >= 0.3 is 0 Å². The van der Waals surface area contributed by atoms with E-state index in [-0.39, 0.29) is 39.1 Å². The van der Waals surface area contributed by atoms with E-state index in [9.17, 15) is 4.79 Å². The number of benzene rings is 2. The third-order valence-electron chi connectivity index (χ3n) is 4.26. The van der Waals surface area contributed by atoms with E-state index in [1.807, 2.05) is 39.0 Å². The van der Waals surface area contributed by atoms with Crippen LogP contribution in [0, 0.1) is 27.7 Å². The molecule has 0 heterocycles. The van der Waals surface area contributed by atoms with Crippen molar-refractivity contribution in [3.63, 3.8) is 0 Å². The van der Waals surface area contributed by atoms with Crippen LogP contribution in [0.5, 0.6) is 5.75 Å². The van der Waals surface area contributed by atoms with Crippen LogP contribution in [0.3, 0.4) is 0 Å². The summed E-state index contributed by atoms with van der Waals surface area (Å²) < 4.78 is 5.86. The van der Waals surface area contributed by atoms with Crippen molar-refractivity contribution in [1.82, 2.24) is 0 Å². The van der Waals surface area contributed by atoms with Gasteiger partial charge in [0, 0.05) is 24.4 Å². The summed E-state index contributed by atoms with van der Waals surface area (Å²) in [5.74, 6) is 0.880. The zero-order chi connectivity index (χ0) is 17.9. The zero-order valence-electron chi connectivity index (χ0n) is 16.5. The second-order valence-electron chi connectivity index (χ2n) is 6.54. The SMILES string of the molecule is CCC(C)Oc1ccc(PC(=O)c2c(C)cc(C)cc2C)c(C)c1.[Li]. The predicted octanol–water partition coefficient (Wildman–Crippen LogP) is 4.86. The second kappa shape index (κ2) is 9.58. The number of carbonyl (C=O) groups is 1. The Balaban J connectivity index is 0.00000312. The Labute approximate surface area is 165 Å². The van der Waals surface area contributed by atoms with E-state index in [1.54, 1.807) is 0 Å². The van der Waals surface area contributed by atoms with Crippen molar-refractivity contribution in [2.75, 3.05) is 0 Å². The van der Waals surface area contributed by atoms with Gasteiger partial charge in [-0.1, -0.05) is 30.7 Å². The number of hydrogen-bond acceptors (Lipinski definition) is 2. The topological polar surface area (TPSA) is 26.3 Å². The van der Waals surface area contributed by atoms with E-state index < -0.39 is 0 Å². The Morgan fingerprint density at radius 3 is 2.16 bits per heavy atom. The molecule has 2 aromatic rings. The summed E-state index contributed by atoms with van der Waals surface area (Å²) in [7, 11) is 0.142. The largest absolute Gasteiger partial charge is 0.491 e. The van der Waals surface area contributed by atoms with Crippen molar-refractivity contribution in [2.45, 2.75) is 54.1 Å². The molecule has 0 saturated heterocycles. The van der Waals surface area contributed by atoms with Crippen molar-refractivity contribution in [3.8, 4) is 5.75 Å². The fraction of sp³-hybridized carbons (Fsp3) is 0.381. The molecule has 0 amide bonds. The number of rotatable bonds is 6. The first-order valence-corrected chi connectivity index (χ1v) is 9.48. The third kappa shape index (κ3) is 5.72. The fourth-order valence-electron chi connectivity index (χ4n) is 2.89. The summed E-state index contributed by atoms with van der Waals surface area (Å²) in [6.07, 6.45) is 1.18. The Bertz CT molecular complexity index is 733. The molecule has 2 unspecified atom stereocenters. The van der Waals surface area contributed by atoms with Gasteiger partial charge in [-0.2, -0.15) is 0 Å². The van der Waals surface area contributed by atoms with Crippen LogP contribution in [0.15, 0.2) is 30.3 Å². The number of aryl methyl sites for hydroxylation is 4. The van der Waals surface area contributed by atoms with Crippen molar-refractivity contribution in [3.05, 3.63) is 58.1 Å². The Hall–Kier alpha value is -1.06. The molecule has 1 radical (unpaired) electrons. The van der Waals surface area contributed by atoms with E-state index in [0.717, 1.165) is 39.7 Å². The number of carbonyl (C=O) groups excluding carboxylic acids is 1. The molecule has 0 aromatic heterocycles. The van der Waals surface area contributed by atoms with Crippen LogP contribution in [-0.4, -0.2) is 30.5 Å². The minimum atomic E-state index is 0. The molecule has 129 valence electrons. The number of ether oxygens (including phenoxy) is 1. The first-order valence-electron chi connectivity index (χ1n) is 8.48. The molecule has 0 N–H and O–H groups in total. The molecule has 0 aliphatic rings. The van der Waals surface area contributed by atoms with E-state index in [0.29, 0.717) is 0 Å². The molecule has 4 heteroatoms. The smallest absolute Gasteiger partial charge is 0.186 e. The van der Waals surface area contributed by atoms with E-state index >= 15 is 0 Å². The molecule has 0 spiro atoms. The molecule has 0 fully saturated rings. The molecule has 2 rings (SSSR count). The Morgan fingerprint density at radius 2 is 1.64 bits per heavy atom. The Morgan fingerprint density at radius 1 is 1.04 bits per heavy atom.